The third-order valence-corrected chi connectivity index (χ3v) is 7.12. The zero-order chi connectivity index (χ0) is 20.8. The van der Waals surface area contributed by atoms with Crippen LogP contribution in [0.3, 0.4) is 0 Å². The lowest BCUT2D eigenvalue weighted by Gasteiger charge is -2.16. The second-order valence-electron chi connectivity index (χ2n) is 7.19. The first-order valence-electron chi connectivity index (χ1n) is 9.14. The Balaban J connectivity index is 1.95. The second kappa shape index (κ2) is 7.31. The topological polar surface area (TPSA) is 88.7 Å². The van der Waals surface area contributed by atoms with Gasteiger partial charge in [0.25, 0.3) is 5.56 Å². The summed E-state index contributed by atoms with van der Waals surface area (Å²) in [5.41, 5.74) is 1.24. The first-order valence-corrected chi connectivity index (χ1v) is 11.3. The molecule has 0 aliphatic carbocycles. The van der Waals surface area contributed by atoms with Crippen LogP contribution in [0.4, 0.5) is 0 Å². The molecule has 1 fully saturated rings. The van der Waals surface area contributed by atoms with E-state index in [0.717, 1.165) is 5.56 Å². The number of benzene rings is 2. The van der Waals surface area contributed by atoms with Gasteiger partial charge in [0.15, 0.2) is 9.84 Å². The summed E-state index contributed by atoms with van der Waals surface area (Å²) in [5.74, 6) is -0.151. The molecule has 6 nitrogen and oxygen atoms in total. The van der Waals surface area contributed by atoms with Crippen LogP contribution in [-0.4, -0.2) is 41.9 Å². The molecule has 0 unspecified atom stereocenters. The highest BCUT2D eigenvalue weighted by molar-refractivity contribution is 7.91. The predicted molar refractivity (Wildman–Crippen MR) is 116 cm³/mol. The average Bonchev–Trinajstić information content (AvgIpc) is 3.03. The Hall–Kier alpha value is -2.64. The molecule has 0 spiro atoms. The zero-order valence-corrected chi connectivity index (χ0v) is 17.2. The Labute approximate surface area is 173 Å². The Bertz CT molecular complexity index is 1310. The average molecular weight is 431 g/mol. The van der Waals surface area contributed by atoms with Crippen molar-refractivity contribution in [1.29, 1.82) is 0 Å². The lowest BCUT2D eigenvalue weighted by atomic mass is 10.1. The van der Waals surface area contributed by atoms with E-state index >= 15 is 0 Å². The van der Waals surface area contributed by atoms with E-state index in [1.807, 2.05) is 6.92 Å². The normalized spacial score (nSPS) is 18.6. The Morgan fingerprint density at radius 3 is 2.62 bits per heavy atom. The van der Waals surface area contributed by atoms with Crippen LogP contribution in [0.5, 0.6) is 5.88 Å². The fourth-order valence-corrected chi connectivity index (χ4v) is 5.41. The molecule has 0 radical (unpaired) electrons. The molecule has 2 heterocycles. The Morgan fingerprint density at radius 1 is 1.21 bits per heavy atom. The van der Waals surface area contributed by atoms with E-state index in [1.165, 1.54) is 10.8 Å². The summed E-state index contributed by atoms with van der Waals surface area (Å²) in [6.45, 7) is 1.82. The molecule has 150 valence electrons. The highest BCUT2D eigenvalue weighted by Gasteiger charge is 2.27. The standard InChI is InChI=1S/C21H19ClN2O4S/c1-13-6-7-14(22)10-19(13)24-20(25)17-5-3-2-4-16(17)18(21(24)26)11-23-15-8-9-29(27,28)12-15/h2-7,10-11,15,26H,8-9,12H2,1H3/t15-/m1/s1. The SMILES string of the molecule is Cc1ccc(Cl)cc1-n1c(O)c(C=N[C@@H]2CCS(=O)(=O)C2)c2ccccc2c1=O. The molecule has 8 heteroatoms. The van der Waals surface area contributed by atoms with Crippen LogP contribution >= 0.6 is 11.6 Å². The molecule has 3 aromatic rings. The molecular weight excluding hydrogens is 412 g/mol. The minimum Gasteiger partial charge on any atom is -0.494 e. The van der Waals surface area contributed by atoms with Crippen molar-refractivity contribution in [3.8, 4) is 11.6 Å². The van der Waals surface area contributed by atoms with Crippen LogP contribution in [0.1, 0.15) is 17.5 Å². The number of hydrogen-bond donors (Lipinski definition) is 1. The van der Waals surface area contributed by atoms with Gasteiger partial charge in [-0.25, -0.2) is 13.0 Å². The van der Waals surface area contributed by atoms with Crippen molar-refractivity contribution >= 4 is 38.4 Å². The van der Waals surface area contributed by atoms with E-state index in [-0.39, 0.29) is 29.0 Å². The fourth-order valence-electron chi connectivity index (χ4n) is 3.61. The third-order valence-electron chi connectivity index (χ3n) is 5.14. The molecule has 1 aliphatic heterocycles. The summed E-state index contributed by atoms with van der Waals surface area (Å²) in [6, 6.07) is 11.7. The highest BCUT2D eigenvalue weighted by Crippen LogP contribution is 2.29. The number of rotatable bonds is 3. The van der Waals surface area contributed by atoms with Crippen molar-refractivity contribution in [1.82, 2.24) is 4.57 Å². The van der Waals surface area contributed by atoms with Crippen LogP contribution in [-0.2, 0) is 9.84 Å². The quantitative estimate of drug-likeness (QED) is 0.646. The predicted octanol–water partition coefficient (Wildman–Crippen LogP) is 3.26. The van der Waals surface area contributed by atoms with Crippen molar-refractivity contribution in [3.05, 3.63) is 69.0 Å². The van der Waals surface area contributed by atoms with Crippen LogP contribution < -0.4 is 5.56 Å². The van der Waals surface area contributed by atoms with Crippen molar-refractivity contribution < 1.29 is 13.5 Å². The van der Waals surface area contributed by atoms with E-state index in [1.54, 1.807) is 42.5 Å². The fraction of sp³-hybridized carbons (Fsp3) is 0.238. The summed E-state index contributed by atoms with van der Waals surface area (Å²) in [4.78, 5) is 17.5. The van der Waals surface area contributed by atoms with Gasteiger partial charge in [-0.15, -0.1) is 0 Å². The summed E-state index contributed by atoms with van der Waals surface area (Å²) in [6.07, 6.45) is 1.92. The third kappa shape index (κ3) is 3.68. The molecule has 2 aromatic carbocycles. The van der Waals surface area contributed by atoms with Gasteiger partial charge in [-0.1, -0.05) is 35.9 Å². The number of nitrogens with zero attached hydrogens (tertiary/aromatic N) is 2. The van der Waals surface area contributed by atoms with E-state index in [9.17, 15) is 18.3 Å². The smallest absolute Gasteiger partial charge is 0.265 e. The Morgan fingerprint density at radius 2 is 1.93 bits per heavy atom. The molecule has 1 atom stereocenters. The number of aryl methyl sites for hydroxylation is 1. The highest BCUT2D eigenvalue weighted by atomic mass is 35.5. The first-order chi connectivity index (χ1) is 13.8. The number of halogens is 1. The summed E-state index contributed by atoms with van der Waals surface area (Å²) < 4.78 is 24.6. The summed E-state index contributed by atoms with van der Waals surface area (Å²) in [7, 11) is -3.07. The maximum atomic E-state index is 13.1. The van der Waals surface area contributed by atoms with Gasteiger partial charge < -0.3 is 5.11 Å². The molecule has 0 amide bonds. The van der Waals surface area contributed by atoms with Crippen LogP contribution in [0.25, 0.3) is 16.5 Å². The van der Waals surface area contributed by atoms with E-state index in [2.05, 4.69) is 4.99 Å². The molecule has 0 bridgehead atoms. The van der Waals surface area contributed by atoms with Crippen LogP contribution in [0.2, 0.25) is 5.02 Å². The number of aromatic nitrogens is 1. The first kappa shape index (κ1) is 19.7. The maximum Gasteiger partial charge on any atom is 0.265 e. The molecule has 0 saturated carbocycles. The van der Waals surface area contributed by atoms with Crippen molar-refractivity contribution in [2.24, 2.45) is 4.99 Å². The molecular formula is C21H19ClN2O4S. The molecule has 4 rings (SSSR count). The lowest BCUT2D eigenvalue weighted by Crippen LogP contribution is -2.21. The van der Waals surface area contributed by atoms with E-state index < -0.39 is 9.84 Å². The maximum absolute atomic E-state index is 13.1. The monoisotopic (exact) mass is 430 g/mol. The summed E-state index contributed by atoms with van der Waals surface area (Å²) >= 11 is 6.12. The second-order valence-corrected chi connectivity index (χ2v) is 9.85. The van der Waals surface area contributed by atoms with Crippen molar-refractivity contribution in [3.63, 3.8) is 0 Å². The van der Waals surface area contributed by atoms with Gasteiger partial charge in [0.2, 0.25) is 5.88 Å². The van der Waals surface area contributed by atoms with Gasteiger partial charge in [0.05, 0.1) is 28.8 Å². The van der Waals surface area contributed by atoms with Gasteiger partial charge in [0, 0.05) is 22.0 Å². The minimum absolute atomic E-state index is 0.00473. The van der Waals surface area contributed by atoms with Gasteiger partial charge in [-0.2, -0.15) is 0 Å². The van der Waals surface area contributed by atoms with Crippen LogP contribution in [0.15, 0.2) is 52.3 Å². The number of hydrogen-bond acceptors (Lipinski definition) is 5. The summed E-state index contributed by atoms with van der Waals surface area (Å²) in [5, 5.41) is 12.4. The lowest BCUT2D eigenvalue weighted by molar-refractivity contribution is 0.436. The van der Waals surface area contributed by atoms with E-state index in [0.29, 0.717) is 33.5 Å². The van der Waals surface area contributed by atoms with Gasteiger partial charge >= 0.3 is 0 Å². The van der Waals surface area contributed by atoms with Gasteiger partial charge in [0.1, 0.15) is 0 Å². The zero-order valence-electron chi connectivity index (χ0n) is 15.7. The minimum atomic E-state index is -3.07. The molecule has 1 saturated heterocycles. The number of aliphatic imine (C=N–C) groups is 1. The molecule has 1 N–H and O–H groups in total. The Kier molecular flexibility index (Phi) is 4.96. The van der Waals surface area contributed by atoms with Crippen LogP contribution in [0, 0.1) is 6.92 Å². The number of pyridine rings is 1. The largest absolute Gasteiger partial charge is 0.494 e. The molecule has 1 aliphatic rings. The molecule has 1 aromatic heterocycles. The number of aromatic hydroxyl groups is 1. The number of fused-ring (bicyclic) bond motifs is 1. The van der Waals surface area contributed by atoms with Crippen molar-refractivity contribution in [2.75, 3.05) is 11.5 Å². The van der Waals surface area contributed by atoms with Gasteiger partial charge in [-0.05, 0) is 37.1 Å². The number of sulfone groups is 1. The molecule has 29 heavy (non-hydrogen) atoms. The van der Waals surface area contributed by atoms with E-state index in [4.69, 9.17) is 11.6 Å². The van der Waals surface area contributed by atoms with Crippen molar-refractivity contribution in [2.45, 2.75) is 19.4 Å². The van der Waals surface area contributed by atoms with Gasteiger partial charge in [-0.3, -0.25) is 9.79 Å².